The second kappa shape index (κ2) is 10.4. The standard InChI is InChI=1S/C27H24ClF2N7O2/c1-13(17-7-15(26(31)39)3-4-20(17)29)36-25-19-8-18(21(30)9-22(19)35-14(2)24(25)28)16-10-33-27(34-11-16)37-6-5-32-23(38)12-37/h3-4,7-11,13H,5-6,12H2,1-2H3,(H2,31,39)(H,32,38)(H,35,36). The van der Waals surface area contributed by atoms with E-state index in [9.17, 15) is 14.0 Å². The van der Waals surface area contributed by atoms with Gasteiger partial charge in [-0.3, -0.25) is 14.6 Å². The first kappa shape index (κ1) is 26.2. The lowest BCUT2D eigenvalue weighted by Gasteiger charge is -2.26. The second-order valence-electron chi connectivity index (χ2n) is 9.25. The molecule has 2 aromatic heterocycles. The Morgan fingerprint density at radius 3 is 2.62 bits per heavy atom. The summed E-state index contributed by atoms with van der Waals surface area (Å²) < 4.78 is 30.0. The lowest BCUT2D eigenvalue weighted by molar-refractivity contribution is -0.120. The molecule has 1 atom stereocenters. The van der Waals surface area contributed by atoms with Gasteiger partial charge in [0.25, 0.3) is 0 Å². The molecular formula is C27H24ClF2N7O2. The molecule has 0 radical (unpaired) electrons. The zero-order valence-electron chi connectivity index (χ0n) is 21.1. The summed E-state index contributed by atoms with van der Waals surface area (Å²) in [4.78, 5) is 38.2. The van der Waals surface area contributed by atoms with E-state index in [1.807, 2.05) is 0 Å². The average molecular weight is 552 g/mol. The number of hydrogen-bond donors (Lipinski definition) is 3. The highest BCUT2D eigenvalue weighted by atomic mass is 35.5. The van der Waals surface area contributed by atoms with Gasteiger partial charge in [-0.25, -0.2) is 18.7 Å². The van der Waals surface area contributed by atoms with Crippen molar-refractivity contribution in [1.82, 2.24) is 20.3 Å². The van der Waals surface area contributed by atoms with Crippen molar-refractivity contribution < 1.29 is 18.4 Å². The van der Waals surface area contributed by atoms with Crippen molar-refractivity contribution in [2.24, 2.45) is 5.73 Å². The maximum absolute atomic E-state index is 15.3. The number of rotatable bonds is 6. The van der Waals surface area contributed by atoms with E-state index < -0.39 is 23.6 Å². The second-order valence-corrected chi connectivity index (χ2v) is 9.62. The number of carbonyl (C=O) groups is 2. The van der Waals surface area contributed by atoms with E-state index in [2.05, 4.69) is 25.6 Å². The topological polar surface area (TPSA) is 126 Å². The molecule has 0 aliphatic carbocycles. The number of pyridine rings is 1. The fraction of sp³-hybridized carbons (Fsp3) is 0.222. The van der Waals surface area contributed by atoms with E-state index in [-0.39, 0.29) is 34.2 Å². The first-order valence-corrected chi connectivity index (χ1v) is 12.5. The van der Waals surface area contributed by atoms with E-state index in [0.717, 1.165) is 0 Å². The van der Waals surface area contributed by atoms with Crippen molar-refractivity contribution in [2.75, 3.05) is 29.9 Å². The SMILES string of the molecule is Cc1nc2cc(F)c(-c3cnc(N4CCNC(=O)C4)nc3)cc2c(NC(C)c2cc(C(N)=O)ccc2F)c1Cl. The number of anilines is 2. The molecule has 12 heteroatoms. The van der Waals surface area contributed by atoms with Gasteiger partial charge < -0.3 is 21.3 Å². The van der Waals surface area contributed by atoms with E-state index in [0.29, 0.717) is 46.9 Å². The van der Waals surface area contributed by atoms with Gasteiger partial charge >= 0.3 is 0 Å². The third kappa shape index (κ3) is 5.17. The predicted octanol–water partition coefficient (Wildman–Crippen LogP) is 4.14. The highest BCUT2D eigenvalue weighted by Crippen LogP contribution is 2.38. The molecule has 0 bridgehead atoms. The number of amides is 2. The average Bonchev–Trinajstić information content (AvgIpc) is 2.91. The number of nitrogens with one attached hydrogen (secondary N) is 2. The smallest absolute Gasteiger partial charge is 0.248 e. The van der Waals surface area contributed by atoms with Gasteiger partial charge in [-0.2, -0.15) is 0 Å². The predicted molar refractivity (Wildman–Crippen MR) is 145 cm³/mol. The molecule has 3 heterocycles. The Kier molecular flexibility index (Phi) is 7.00. The molecule has 4 aromatic rings. The van der Waals surface area contributed by atoms with Gasteiger partial charge in [-0.05, 0) is 38.1 Å². The van der Waals surface area contributed by atoms with Gasteiger partial charge in [-0.15, -0.1) is 0 Å². The maximum atomic E-state index is 15.3. The molecule has 1 aliphatic heterocycles. The van der Waals surface area contributed by atoms with E-state index in [4.69, 9.17) is 17.3 Å². The lowest BCUT2D eigenvalue weighted by Crippen LogP contribution is -2.48. The van der Waals surface area contributed by atoms with Crippen LogP contribution in [-0.2, 0) is 4.79 Å². The monoisotopic (exact) mass is 551 g/mol. The summed E-state index contributed by atoms with van der Waals surface area (Å²) in [6.45, 7) is 4.59. The quantitative estimate of drug-likeness (QED) is 0.329. The highest BCUT2D eigenvalue weighted by Gasteiger charge is 2.21. The number of primary amides is 1. The van der Waals surface area contributed by atoms with Gasteiger partial charge in [0.05, 0.1) is 34.5 Å². The van der Waals surface area contributed by atoms with E-state index in [1.165, 1.54) is 36.7 Å². The van der Waals surface area contributed by atoms with Crippen LogP contribution in [-0.4, -0.2) is 46.4 Å². The van der Waals surface area contributed by atoms with Crippen LogP contribution in [0.1, 0.15) is 34.6 Å². The summed E-state index contributed by atoms with van der Waals surface area (Å²) in [7, 11) is 0. The summed E-state index contributed by atoms with van der Waals surface area (Å²) in [5.74, 6) is -1.49. The zero-order chi connectivity index (χ0) is 27.8. The molecule has 200 valence electrons. The van der Waals surface area contributed by atoms with Crippen LogP contribution in [0, 0.1) is 18.6 Å². The van der Waals surface area contributed by atoms with Gasteiger partial charge in [0.1, 0.15) is 11.6 Å². The highest BCUT2D eigenvalue weighted by molar-refractivity contribution is 6.35. The molecule has 0 spiro atoms. The summed E-state index contributed by atoms with van der Waals surface area (Å²) in [5.41, 5.74) is 7.60. The van der Waals surface area contributed by atoms with Crippen LogP contribution in [0.15, 0.2) is 42.7 Å². The van der Waals surface area contributed by atoms with Crippen LogP contribution in [0.2, 0.25) is 5.02 Å². The Morgan fingerprint density at radius 1 is 1.18 bits per heavy atom. The molecular weight excluding hydrogens is 528 g/mol. The molecule has 1 unspecified atom stereocenters. The molecule has 1 aliphatic rings. The van der Waals surface area contributed by atoms with Gasteiger partial charge in [0.2, 0.25) is 17.8 Å². The minimum atomic E-state index is -0.677. The fourth-order valence-corrected chi connectivity index (χ4v) is 4.70. The van der Waals surface area contributed by atoms with Crippen molar-refractivity contribution in [3.8, 4) is 11.1 Å². The molecule has 0 saturated carbocycles. The summed E-state index contributed by atoms with van der Waals surface area (Å²) in [6.07, 6.45) is 2.98. The van der Waals surface area contributed by atoms with Crippen LogP contribution >= 0.6 is 11.6 Å². The number of piperazine rings is 1. The maximum Gasteiger partial charge on any atom is 0.248 e. The van der Waals surface area contributed by atoms with Gasteiger partial charge in [0, 0.05) is 59.2 Å². The molecule has 4 N–H and O–H groups in total. The molecule has 39 heavy (non-hydrogen) atoms. The van der Waals surface area contributed by atoms with Crippen LogP contribution in [0.4, 0.5) is 20.4 Å². The van der Waals surface area contributed by atoms with Crippen molar-refractivity contribution in [1.29, 1.82) is 0 Å². The van der Waals surface area contributed by atoms with E-state index >= 15 is 4.39 Å². The summed E-state index contributed by atoms with van der Waals surface area (Å²) >= 11 is 6.63. The number of carbonyl (C=O) groups excluding carboxylic acids is 2. The number of hydrogen-bond acceptors (Lipinski definition) is 7. The van der Waals surface area contributed by atoms with Crippen molar-refractivity contribution in [2.45, 2.75) is 19.9 Å². The number of benzene rings is 2. The molecule has 5 rings (SSSR count). The van der Waals surface area contributed by atoms with Crippen molar-refractivity contribution in [3.05, 3.63) is 76.2 Å². The summed E-state index contributed by atoms with van der Waals surface area (Å²) in [5, 5.41) is 6.73. The minimum Gasteiger partial charge on any atom is -0.377 e. The summed E-state index contributed by atoms with van der Waals surface area (Å²) in [6, 6.07) is 6.12. The normalized spacial score (nSPS) is 14.3. The van der Waals surface area contributed by atoms with Gasteiger partial charge in [0.15, 0.2) is 0 Å². The first-order valence-electron chi connectivity index (χ1n) is 12.1. The zero-order valence-corrected chi connectivity index (χ0v) is 21.8. The van der Waals surface area contributed by atoms with Crippen LogP contribution in [0.5, 0.6) is 0 Å². The van der Waals surface area contributed by atoms with Crippen LogP contribution in [0.3, 0.4) is 0 Å². The fourth-order valence-electron chi connectivity index (χ4n) is 4.50. The Labute approximate surface area is 227 Å². The third-order valence-corrected chi connectivity index (χ3v) is 7.02. The Morgan fingerprint density at radius 2 is 1.92 bits per heavy atom. The Hall–Kier alpha value is -4.38. The Bertz CT molecular complexity index is 1610. The number of nitrogens with zero attached hydrogens (tertiary/aromatic N) is 4. The van der Waals surface area contributed by atoms with Crippen molar-refractivity contribution in [3.63, 3.8) is 0 Å². The number of nitrogens with two attached hydrogens (primary N) is 1. The number of aromatic nitrogens is 3. The molecule has 2 aromatic carbocycles. The number of aryl methyl sites for hydroxylation is 1. The number of fused-ring (bicyclic) bond motifs is 1. The number of halogens is 3. The third-order valence-electron chi connectivity index (χ3n) is 6.56. The minimum absolute atomic E-state index is 0.121. The Balaban J connectivity index is 1.54. The molecule has 2 amide bonds. The van der Waals surface area contributed by atoms with Crippen molar-refractivity contribution >= 4 is 46.0 Å². The molecule has 1 saturated heterocycles. The lowest BCUT2D eigenvalue weighted by atomic mass is 10.0. The van der Waals surface area contributed by atoms with E-state index in [1.54, 1.807) is 24.8 Å². The largest absolute Gasteiger partial charge is 0.377 e. The molecule has 1 fully saturated rings. The first-order chi connectivity index (χ1) is 18.6. The van der Waals surface area contributed by atoms with Crippen LogP contribution in [0.25, 0.3) is 22.0 Å². The van der Waals surface area contributed by atoms with Crippen LogP contribution < -0.4 is 21.3 Å². The van der Waals surface area contributed by atoms with Gasteiger partial charge in [-0.1, -0.05) is 11.6 Å². The molecule has 9 nitrogen and oxygen atoms in total.